The van der Waals surface area contributed by atoms with Crippen LogP contribution in [0.15, 0.2) is 42.2 Å². The molecule has 2 aliphatic rings. The van der Waals surface area contributed by atoms with E-state index < -0.39 is 12.0 Å². The van der Waals surface area contributed by atoms with Crippen LogP contribution >= 0.6 is 12.6 Å². The summed E-state index contributed by atoms with van der Waals surface area (Å²) in [5.74, 6) is -1.21. The van der Waals surface area contributed by atoms with Gasteiger partial charge in [-0.2, -0.15) is 17.7 Å². The molecule has 4 rings (SSSR count). The molecular formula is C22H24FN3O3S. The predicted molar refractivity (Wildman–Crippen MR) is 114 cm³/mol. The first-order valence-electron chi connectivity index (χ1n) is 10.1. The van der Waals surface area contributed by atoms with Gasteiger partial charge >= 0.3 is 5.97 Å². The molecule has 1 saturated carbocycles. The van der Waals surface area contributed by atoms with Crippen molar-refractivity contribution in [2.24, 2.45) is 5.92 Å². The minimum atomic E-state index is -0.959. The number of nitrogens with zero attached hydrogens (tertiary/aromatic N) is 3. The van der Waals surface area contributed by atoms with Gasteiger partial charge in [-0.1, -0.05) is 24.3 Å². The SMILES string of the molecule is O=C(O)Cn1cc(/C=C2/CN(C(C(=O)C3CC3)c3ccccc3F)CCC2S)cn1. The van der Waals surface area contributed by atoms with Crippen LogP contribution in [0.4, 0.5) is 4.39 Å². The van der Waals surface area contributed by atoms with Crippen molar-refractivity contribution < 1.29 is 19.1 Å². The van der Waals surface area contributed by atoms with Crippen molar-refractivity contribution in [2.75, 3.05) is 13.1 Å². The Hall–Kier alpha value is -2.45. The Labute approximate surface area is 179 Å². The second-order valence-corrected chi connectivity index (χ2v) is 8.58. The first-order chi connectivity index (χ1) is 14.4. The van der Waals surface area contributed by atoms with Gasteiger partial charge in [0.05, 0.1) is 12.2 Å². The third-order valence-electron chi connectivity index (χ3n) is 5.62. The number of carbonyl (C=O) groups is 2. The van der Waals surface area contributed by atoms with Gasteiger partial charge in [0.25, 0.3) is 0 Å². The third kappa shape index (κ3) is 4.65. The number of rotatable bonds is 7. The number of thiol groups is 1. The lowest BCUT2D eigenvalue weighted by Crippen LogP contribution is -2.42. The number of hydrogen-bond donors (Lipinski definition) is 2. The first kappa shape index (κ1) is 20.8. The fourth-order valence-corrected chi connectivity index (χ4v) is 4.24. The fraction of sp³-hybridized carbons (Fsp3) is 0.409. The van der Waals surface area contributed by atoms with Crippen LogP contribution in [-0.2, 0) is 16.1 Å². The van der Waals surface area contributed by atoms with E-state index in [0.29, 0.717) is 18.7 Å². The minimum Gasteiger partial charge on any atom is -0.480 e. The van der Waals surface area contributed by atoms with E-state index in [2.05, 4.69) is 5.10 Å². The number of carbonyl (C=O) groups excluding carboxylic acids is 1. The van der Waals surface area contributed by atoms with E-state index in [1.54, 1.807) is 30.6 Å². The van der Waals surface area contributed by atoms with Gasteiger partial charge in [0.15, 0.2) is 5.78 Å². The van der Waals surface area contributed by atoms with Gasteiger partial charge in [0.2, 0.25) is 0 Å². The van der Waals surface area contributed by atoms with E-state index in [1.807, 2.05) is 11.0 Å². The lowest BCUT2D eigenvalue weighted by atomic mass is 9.93. The summed E-state index contributed by atoms with van der Waals surface area (Å²) in [7, 11) is 0. The zero-order chi connectivity index (χ0) is 21.3. The Bertz CT molecular complexity index is 986. The molecule has 0 radical (unpaired) electrons. The van der Waals surface area contributed by atoms with Gasteiger partial charge in [-0.25, -0.2) is 4.39 Å². The molecule has 6 nitrogen and oxygen atoms in total. The Morgan fingerprint density at radius 3 is 2.77 bits per heavy atom. The number of carboxylic acids is 1. The number of aliphatic carboxylic acids is 1. The van der Waals surface area contributed by atoms with Crippen molar-refractivity contribution in [1.82, 2.24) is 14.7 Å². The van der Waals surface area contributed by atoms with Crippen LogP contribution in [0.5, 0.6) is 0 Å². The van der Waals surface area contributed by atoms with Crippen molar-refractivity contribution in [3.8, 4) is 0 Å². The zero-order valence-corrected chi connectivity index (χ0v) is 17.3. The molecule has 1 aromatic carbocycles. The largest absolute Gasteiger partial charge is 0.480 e. The standard InChI is InChI=1S/C22H24FN3O3S/c23-18-4-2-1-3-17(18)21(22(29)15-5-6-15)25-8-7-19(30)16(12-25)9-14-10-24-26(11-14)13-20(27)28/h1-4,9-11,15,19,21,30H,5-8,12-13H2,(H,27,28)/b16-9-. The average molecular weight is 430 g/mol. The molecule has 158 valence electrons. The van der Waals surface area contributed by atoms with Gasteiger partial charge in [-0.15, -0.1) is 0 Å². The number of piperidine rings is 1. The van der Waals surface area contributed by atoms with Crippen LogP contribution in [0, 0.1) is 11.7 Å². The van der Waals surface area contributed by atoms with Gasteiger partial charge in [0.1, 0.15) is 12.4 Å². The highest BCUT2D eigenvalue weighted by molar-refractivity contribution is 7.81. The lowest BCUT2D eigenvalue weighted by molar-refractivity contribution is -0.137. The van der Waals surface area contributed by atoms with Gasteiger partial charge in [-0.3, -0.25) is 19.2 Å². The molecule has 0 spiro atoms. The molecule has 2 aromatic rings. The molecule has 1 N–H and O–H groups in total. The van der Waals surface area contributed by atoms with Gasteiger partial charge in [-0.05, 0) is 30.9 Å². The highest BCUT2D eigenvalue weighted by atomic mass is 32.1. The Kier molecular flexibility index (Phi) is 6.06. The second-order valence-electron chi connectivity index (χ2n) is 7.96. The highest BCUT2D eigenvalue weighted by Gasteiger charge is 2.40. The first-order valence-corrected chi connectivity index (χ1v) is 10.6. The Morgan fingerprint density at radius 1 is 1.30 bits per heavy atom. The number of hydrogen-bond acceptors (Lipinski definition) is 5. The number of halogens is 1. The molecule has 1 aromatic heterocycles. The molecule has 1 saturated heterocycles. The quantitative estimate of drug-likeness (QED) is 0.661. The fourth-order valence-electron chi connectivity index (χ4n) is 3.97. The smallest absolute Gasteiger partial charge is 0.325 e. The van der Waals surface area contributed by atoms with Gasteiger partial charge in [0, 0.05) is 41.6 Å². The molecule has 2 heterocycles. The molecule has 0 bridgehead atoms. The number of carboxylic acid groups (broad SMARTS) is 1. The second kappa shape index (κ2) is 8.73. The summed E-state index contributed by atoms with van der Waals surface area (Å²) in [4.78, 5) is 26.0. The van der Waals surface area contributed by atoms with Crippen LogP contribution in [0.3, 0.4) is 0 Å². The number of likely N-dealkylation sites (tertiary alicyclic amines) is 1. The molecule has 8 heteroatoms. The maximum atomic E-state index is 14.6. The average Bonchev–Trinajstić information content (AvgIpc) is 3.47. The maximum absolute atomic E-state index is 14.6. The zero-order valence-electron chi connectivity index (χ0n) is 16.4. The molecule has 30 heavy (non-hydrogen) atoms. The lowest BCUT2D eigenvalue weighted by Gasteiger charge is -2.37. The van der Waals surface area contributed by atoms with Crippen molar-refractivity contribution in [3.05, 3.63) is 59.2 Å². The van der Waals surface area contributed by atoms with E-state index in [0.717, 1.165) is 30.4 Å². The summed E-state index contributed by atoms with van der Waals surface area (Å²) in [6, 6.07) is 5.91. The number of Topliss-reactive ketones (excluding diaryl/α,β-unsaturated/α-hetero) is 1. The topological polar surface area (TPSA) is 75.4 Å². The number of ketones is 1. The van der Waals surface area contributed by atoms with E-state index >= 15 is 0 Å². The summed E-state index contributed by atoms with van der Waals surface area (Å²) in [6.07, 6.45) is 7.70. The Morgan fingerprint density at radius 2 is 2.07 bits per heavy atom. The minimum absolute atomic E-state index is 0.0152. The molecule has 0 amide bonds. The summed E-state index contributed by atoms with van der Waals surface area (Å²) < 4.78 is 16.0. The Balaban J connectivity index is 1.60. The van der Waals surface area contributed by atoms with Crippen molar-refractivity contribution >= 4 is 30.5 Å². The van der Waals surface area contributed by atoms with Crippen molar-refractivity contribution in [1.29, 1.82) is 0 Å². The number of benzene rings is 1. The maximum Gasteiger partial charge on any atom is 0.325 e. The van der Waals surface area contributed by atoms with E-state index in [1.165, 1.54) is 10.7 Å². The summed E-state index contributed by atoms with van der Waals surface area (Å²) >= 11 is 4.70. The van der Waals surface area contributed by atoms with Crippen LogP contribution in [0.2, 0.25) is 0 Å². The van der Waals surface area contributed by atoms with E-state index in [4.69, 9.17) is 17.7 Å². The van der Waals surface area contributed by atoms with Crippen LogP contribution < -0.4 is 0 Å². The molecular weight excluding hydrogens is 405 g/mol. The van der Waals surface area contributed by atoms with Crippen LogP contribution in [0.25, 0.3) is 6.08 Å². The number of aromatic nitrogens is 2. The van der Waals surface area contributed by atoms with Crippen LogP contribution in [-0.4, -0.2) is 49.9 Å². The highest BCUT2D eigenvalue weighted by Crippen LogP contribution is 2.39. The van der Waals surface area contributed by atoms with Crippen LogP contribution in [0.1, 0.15) is 36.4 Å². The summed E-state index contributed by atoms with van der Waals surface area (Å²) in [5.41, 5.74) is 2.22. The molecule has 1 aliphatic carbocycles. The molecule has 1 aliphatic heterocycles. The van der Waals surface area contributed by atoms with E-state index in [-0.39, 0.29) is 29.3 Å². The van der Waals surface area contributed by atoms with Gasteiger partial charge < -0.3 is 5.11 Å². The molecule has 2 unspecified atom stereocenters. The summed E-state index contributed by atoms with van der Waals surface area (Å²) in [6.45, 7) is 0.946. The third-order valence-corrected chi connectivity index (χ3v) is 6.21. The van der Waals surface area contributed by atoms with E-state index in [9.17, 15) is 14.0 Å². The predicted octanol–water partition coefficient (Wildman–Crippen LogP) is 3.21. The van der Waals surface area contributed by atoms with Crippen molar-refractivity contribution in [3.63, 3.8) is 0 Å². The molecule has 2 atom stereocenters. The normalized spacial score (nSPS) is 22.2. The molecule has 2 fully saturated rings. The monoisotopic (exact) mass is 429 g/mol. The van der Waals surface area contributed by atoms with Crippen molar-refractivity contribution in [2.45, 2.75) is 37.1 Å². The summed E-state index contributed by atoms with van der Waals surface area (Å²) in [5, 5.41) is 13.0.